The van der Waals surface area contributed by atoms with E-state index in [1.165, 1.54) is 32.4 Å². The van der Waals surface area contributed by atoms with Crippen molar-refractivity contribution in [3.63, 3.8) is 0 Å². The monoisotopic (exact) mass is 313 g/mol. The van der Waals surface area contributed by atoms with Crippen LogP contribution >= 0.6 is 0 Å². The molecule has 118 valence electrons. The van der Waals surface area contributed by atoms with Crippen molar-refractivity contribution in [3.8, 4) is 11.5 Å². The molecule has 0 unspecified atom stereocenters. The minimum atomic E-state index is -0.490. The Morgan fingerprint density at radius 1 is 1.13 bits per heavy atom. The predicted octanol–water partition coefficient (Wildman–Crippen LogP) is 3.51. The van der Waals surface area contributed by atoms with Crippen molar-refractivity contribution in [1.29, 1.82) is 0 Å². The van der Waals surface area contributed by atoms with E-state index in [0.717, 1.165) is 0 Å². The lowest BCUT2D eigenvalue weighted by Crippen LogP contribution is -2.00. The molecule has 0 aliphatic carbocycles. The van der Waals surface area contributed by atoms with E-state index >= 15 is 0 Å². The minimum Gasteiger partial charge on any atom is -0.497 e. The standard InChI is InChI=1S/C17H15NO5/c1-22-13-8-10-17(23-2)14(11-13)16(19)9-7-12-5-3-4-6-15(12)18(20)21/h3-11H,1-2H3/b9-7+. The van der Waals surface area contributed by atoms with Crippen molar-refractivity contribution in [1.82, 2.24) is 0 Å². The van der Waals surface area contributed by atoms with Crippen molar-refractivity contribution in [2.45, 2.75) is 0 Å². The molecule has 0 saturated heterocycles. The highest BCUT2D eigenvalue weighted by Gasteiger charge is 2.13. The summed E-state index contributed by atoms with van der Waals surface area (Å²) in [5, 5.41) is 11.0. The molecule has 0 radical (unpaired) electrons. The number of carbonyl (C=O) groups excluding carboxylic acids is 1. The number of ketones is 1. The Bertz CT molecular complexity index is 767. The van der Waals surface area contributed by atoms with Gasteiger partial charge in [-0.05, 0) is 36.4 Å². The number of ether oxygens (including phenoxy) is 2. The van der Waals surface area contributed by atoms with Crippen LogP contribution in [0.25, 0.3) is 6.08 Å². The fraction of sp³-hybridized carbons (Fsp3) is 0.118. The summed E-state index contributed by atoms with van der Waals surface area (Å²) in [6.07, 6.45) is 2.69. The van der Waals surface area contributed by atoms with Crippen LogP contribution in [0.1, 0.15) is 15.9 Å². The van der Waals surface area contributed by atoms with Crippen LogP contribution in [0.2, 0.25) is 0 Å². The first-order valence-corrected chi connectivity index (χ1v) is 6.74. The van der Waals surface area contributed by atoms with Gasteiger partial charge in [0.05, 0.1) is 30.3 Å². The summed E-state index contributed by atoms with van der Waals surface area (Å²) in [4.78, 5) is 22.8. The molecule has 0 N–H and O–H groups in total. The smallest absolute Gasteiger partial charge is 0.276 e. The Morgan fingerprint density at radius 2 is 1.87 bits per heavy atom. The van der Waals surface area contributed by atoms with E-state index < -0.39 is 4.92 Å². The zero-order chi connectivity index (χ0) is 16.8. The Balaban J connectivity index is 2.34. The van der Waals surface area contributed by atoms with Gasteiger partial charge in [-0.15, -0.1) is 0 Å². The maximum absolute atomic E-state index is 12.4. The minimum absolute atomic E-state index is 0.0610. The molecule has 0 bridgehead atoms. The van der Waals surface area contributed by atoms with E-state index in [9.17, 15) is 14.9 Å². The molecule has 0 aromatic heterocycles. The maximum Gasteiger partial charge on any atom is 0.276 e. The SMILES string of the molecule is COc1ccc(OC)c(C(=O)/C=C/c2ccccc2[N+](=O)[O-])c1. The van der Waals surface area contributed by atoms with Crippen LogP contribution in [0, 0.1) is 10.1 Å². The van der Waals surface area contributed by atoms with Gasteiger partial charge in [-0.3, -0.25) is 14.9 Å². The van der Waals surface area contributed by atoms with E-state index in [1.54, 1.807) is 36.4 Å². The van der Waals surface area contributed by atoms with E-state index in [-0.39, 0.29) is 11.5 Å². The number of rotatable bonds is 6. The number of para-hydroxylation sites is 1. The molecular formula is C17H15NO5. The van der Waals surface area contributed by atoms with E-state index in [4.69, 9.17) is 9.47 Å². The first-order chi connectivity index (χ1) is 11.1. The number of methoxy groups -OCH3 is 2. The fourth-order valence-electron chi connectivity index (χ4n) is 2.06. The van der Waals surface area contributed by atoms with Crippen molar-refractivity contribution < 1.29 is 19.2 Å². The zero-order valence-electron chi connectivity index (χ0n) is 12.7. The fourth-order valence-corrected chi connectivity index (χ4v) is 2.06. The summed E-state index contributed by atoms with van der Waals surface area (Å²) in [5.74, 6) is 0.593. The highest BCUT2D eigenvalue weighted by atomic mass is 16.6. The third kappa shape index (κ3) is 3.74. The van der Waals surface area contributed by atoms with Crippen molar-refractivity contribution in [3.05, 3.63) is 69.8 Å². The number of hydrogen-bond donors (Lipinski definition) is 0. The molecule has 0 spiro atoms. The Labute approximate surface area is 133 Å². The summed E-state index contributed by atoms with van der Waals surface area (Å²) in [5.41, 5.74) is 0.614. The topological polar surface area (TPSA) is 78.7 Å². The van der Waals surface area contributed by atoms with Crippen molar-refractivity contribution >= 4 is 17.5 Å². The average molecular weight is 313 g/mol. The summed E-state index contributed by atoms with van der Waals surface area (Å²) in [6, 6.07) is 11.1. The van der Waals surface area contributed by atoms with Crippen molar-refractivity contribution in [2.24, 2.45) is 0 Å². The van der Waals surface area contributed by atoms with Gasteiger partial charge in [0.2, 0.25) is 0 Å². The van der Waals surface area contributed by atoms with Crippen LogP contribution < -0.4 is 9.47 Å². The summed E-state index contributed by atoms with van der Waals surface area (Å²) >= 11 is 0. The normalized spacial score (nSPS) is 10.5. The molecule has 23 heavy (non-hydrogen) atoms. The Hall–Kier alpha value is -3.15. The van der Waals surface area contributed by atoms with Gasteiger partial charge in [-0.25, -0.2) is 0 Å². The van der Waals surface area contributed by atoms with Gasteiger partial charge in [0, 0.05) is 6.07 Å². The number of nitro groups is 1. The molecule has 2 aromatic rings. The molecule has 0 aliphatic rings. The Kier molecular flexibility index (Phi) is 5.09. The Morgan fingerprint density at radius 3 is 2.52 bits per heavy atom. The van der Waals surface area contributed by atoms with Gasteiger partial charge in [0.1, 0.15) is 11.5 Å². The van der Waals surface area contributed by atoms with Crippen LogP contribution in [0.5, 0.6) is 11.5 Å². The van der Waals surface area contributed by atoms with E-state index in [1.807, 2.05) is 0 Å². The first-order valence-electron chi connectivity index (χ1n) is 6.74. The molecule has 0 aliphatic heterocycles. The molecule has 2 rings (SSSR count). The number of benzene rings is 2. The van der Waals surface area contributed by atoms with E-state index in [0.29, 0.717) is 22.6 Å². The molecule has 0 saturated carbocycles. The number of carbonyl (C=O) groups is 1. The molecule has 0 amide bonds. The largest absolute Gasteiger partial charge is 0.497 e. The number of allylic oxidation sites excluding steroid dienone is 1. The second kappa shape index (κ2) is 7.22. The highest BCUT2D eigenvalue weighted by molar-refractivity contribution is 6.09. The lowest BCUT2D eigenvalue weighted by molar-refractivity contribution is -0.385. The van der Waals surface area contributed by atoms with Crippen molar-refractivity contribution in [2.75, 3.05) is 14.2 Å². The molecule has 0 atom stereocenters. The third-order valence-corrected chi connectivity index (χ3v) is 3.22. The zero-order valence-corrected chi connectivity index (χ0v) is 12.7. The van der Waals surface area contributed by atoms with E-state index in [2.05, 4.69) is 0 Å². The van der Waals surface area contributed by atoms with Gasteiger partial charge in [0.15, 0.2) is 5.78 Å². The predicted molar refractivity (Wildman–Crippen MR) is 86.0 cm³/mol. The summed E-state index contributed by atoms with van der Waals surface area (Å²) < 4.78 is 10.3. The number of nitrogens with zero attached hydrogens (tertiary/aromatic N) is 1. The maximum atomic E-state index is 12.4. The number of hydrogen-bond acceptors (Lipinski definition) is 5. The van der Waals surface area contributed by atoms with Crippen LogP contribution in [-0.4, -0.2) is 24.9 Å². The van der Waals surface area contributed by atoms with Gasteiger partial charge < -0.3 is 9.47 Å². The molecule has 0 fully saturated rings. The summed E-state index contributed by atoms with van der Waals surface area (Å²) in [7, 11) is 2.96. The molecule has 6 nitrogen and oxygen atoms in total. The molecular weight excluding hydrogens is 298 g/mol. The lowest BCUT2D eigenvalue weighted by atomic mass is 10.1. The van der Waals surface area contributed by atoms with Gasteiger partial charge in [-0.1, -0.05) is 12.1 Å². The molecule has 0 heterocycles. The van der Waals surface area contributed by atoms with Gasteiger partial charge >= 0.3 is 0 Å². The number of nitro benzene ring substituents is 1. The van der Waals surface area contributed by atoms with Crippen LogP contribution in [0.15, 0.2) is 48.5 Å². The molecule has 2 aromatic carbocycles. The third-order valence-electron chi connectivity index (χ3n) is 3.22. The summed E-state index contributed by atoms with van der Waals surface area (Å²) in [6.45, 7) is 0. The van der Waals surface area contributed by atoms with Crippen LogP contribution in [0.3, 0.4) is 0 Å². The molecule has 6 heteroatoms. The first kappa shape index (κ1) is 16.2. The van der Waals surface area contributed by atoms with Crippen LogP contribution in [0.4, 0.5) is 5.69 Å². The highest BCUT2D eigenvalue weighted by Crippen LogP contribution is 2.25. The van der Waals surface area contributed by atoms with Gasteiger partial charge in [0.25, 0.3) is 5.69 Å². The second-order valence-electron chi connectivity index (χ2n) is 4.58. The second-order valence-corrected chi connectivity index (χ2v) is 4.58. The van der Waals surface area contributed by atoms with Gasteiger partial charge in [-0.2, -0.15) is 0 Å². The van der Waals surface area contributed by atoms with Crippen LogP contribution in [-0.2, 0) is 0 Å². The average Bonchev–Trinajstić information content (AvgIpc) is 2.59. The lowest BCUT2D eigenvalue weighted by Gasteiger charge is -2.07. The quantitative estimate of drug-likeness (QED) is 0.353.